The minimum atomic E-state index is -3.15. The average Bonchev–Trinajstić information content (AvgIpc) is 2.94. The second-order valence-electron chi connectivity index (χ2n) is 7.02. The van der Waals surface area contributed by atoms with E-state index in [1.165, 1.54) is 10.6 Å². The van der Waals surface area contributed by atoms with Gasteiger partial charge in [-0.05, 0) is 32.3 Å². The van der Waals surface area contributed by atoms with Crippen molar-refractivity contribution in [2.75, 3.05) is 19.3 Å². The zero-order valence-corrected chi connectivity index (χ0v) is 16.8. The quantitative estimate of drug-likeness (QED) is 0.847. The highest BCUT2D eigenvalue weighted by Gasteiger charge is 2.29. The third-order valence-corrected chi connectivity index (χ3v) is 6.40. The summed E-state index contributed by atoms with van der Waals surface area (Å²) >= 11 is 0. The molecular weight excluding hydrogens is 364 g/mol. The summed E-state index contributed by atoms with van der Waals surface area (Å²) in [6.45, 7) is 5.24. The molecule has 3 rings (SSSR count). The summed E-state index contributed by atoms with van der Waals surface area (Å²) in [5, 5.41) is 2.92. The van der Waals surface area contributed by atoms with Crippen LogP contribution in [0.2, 0.25) is 0 Å². The summed E-state index contributed by atoms with van der Waals surface area (Å²) in [5.41, 5.74) is 2.30. The van der Waals surface area contributed by atoms with Gasteiger partial charge in [-0.25, -0.2) is 17.7 Å². The molecule has 1 fully saturated rings. The zero-order chi connectivity index (χ0) is 19.6. The van der Waals surface area contributed by atoms with Gasteiger partial charge in [0.2, 0.25) is 10.0 Å². The Morgan fingerprint density at radius 2 is 1.81 bits per heavy atom. The predicted octanol–water partition coefficient (Wildman–Crippen LogP) is 2.03. The number of imidazole rings is 1. The number of sulfonamides is 1. The fourth-order valence-corrected chi connectivity index (χ4v) is 4.57. The second-order valence-corrected chi connectivity index (χ2v) is 9.01. The molecule has 0 bridgehead atoms. The monoisotopic (exact) mass is 390 g/mol. The molecule has 1 aromatic carbocycles. The predicted molar refractivity (Wildman–Crippen MR) is 104 cm³/mol. The van der Waals surface area contributed by atoms with Gasteiger partial charge in [0.1, 0.15) is 11.5 Å². The maximum Gasteiger partial charge on any atom is 0.272 e. The lowest BCUT2D eigenvalue weighted by Crippen LogP contribution is -2.38. The van der Waals surface area contributed by atoms with Crippen molar-refractivity contribution in [2.24, 2.45) is 0 Å². The van der Waals surface area contributed by atoms with Crippen LogP contribution in [0.15, 0.2) is 30.3 Å². The highest BCUT2D eigenvalue weighted by molar-refractivity contribution is 7.88. The second kappa shape index (κ2) is 7.82. The Balaban J connectivity index is 1.70. The van der Waals surface area contributed by atoms with E-state index in [-0.39, 0.29) is 11.9 Å². The van der Waals surface area contributed by atoms with Crippen LogP contribution in [0.4, 0.5) is 0 Å². The van der Waals surface area contributed by atoms with E-state index < -0.39 is 10.0 Å². The van der Waals surface area contributed by atoms with E-state index in [1.807, 2.05) is 44.2 Å². The van der Waals surface area contributed by atoms with Crippen molar-refractivity contribution >= 4 is 15.9 Å². The van der Waals surface area contributed by atoms with Gasteiger partial charge in [-0.1, -0.05) is 30.3 Å². The molecule has 1 N–H and O–H groups in total. The van der Waals surface area contributed by atoms with Crippen LogP contribution < -0.4 is 5.32 Å². The standard InChI is InChI=1S/C19H26N4O3S/c1-14-18(19(24)20-13-16-7-5-4-6-8-16)21-15(2)23(14)17-9-11-22(12-10-17)27(3,25)26/h4-8,17H,9-13H2,1-3H3,(H,20,24). The molecule has 0 spiro atoms. The first-order valence-corrected chi connectivity index (χ1v) is 10.9. The minimum Gasteiger partial charge on any atom is -0.347 e. The van der Waals surface area contributed by atoms with E-state index in [0.29, 0.717) is 25.3 Å². The summed E-state index contributed by atoms with van der Waals surface area (Å²) in [6, 6.07) is 9.91. The number of hydrogen-bond acceptors (Lipinski definition) is 4. The molecule has 1 amide bonds. The summed E-state index contributed by atoms with van der Waals surface area (Å²) in [5.74, 6) is 0.599. The first kappa shape index (κ1) is 19.6. The third-order valence-electron chi connectivity index (χ3n) is 5.09. The Hall–Kier alpha value is -2.19. The maximum absolute atomic E-state index is 12.6. The van der Waals surface area contributed by atoms with E-state index >= 15 is 0 Å². The number of carbonyl (C=O) groups is 1. The Bertz CT molecular complexity index is 914. The molecule has 1 aliphatic heterocycles. The Morgan fingerprint density at radius 1 is 1.19 bits per heavy atom. The van der Waals surface area contributed by atoms with Crippen LogP contribution in [0, 0.1) is 13.8 Å². The zero-order valence-electron chi connectivity index (χ0n) is 16.0. The Labute approximate surface area is 160 Å². The van der Waals surface area contributed by atoms with Crippen LogP contribution in [0.1, 0.15) is 46.5 Å². The van der Waals surface area contributed by atoms with Crippen molar-refractivity contribution in [1.29, 1.82) is 0 Å². The number of benzene rings is 1. The molecule has 0 saturated carbocycles. The number of amides is 1. The van der Waals surface area contributed by atoms with Gasteiger partial charge in [0.05, 0.1) is 6.26 Å². The lowest BCUT2D eigenvalue weighted by atomic mass is 10.1. The first-order valence-electron chi connectivity index (χ1n) is 9.10. The smallest absolute Gasteiger partial charge is 0.272 e. The molecule has 1 saturated heterocycles. The maximum atomic E-state index is 12.6. The fourth-order valence-electron chi connectivity index (χ4n) is 3.70. The first-order chi connectivity index (χ1) is 12.8. The molecule has 2 aromatic rings. The van der Waals surface area contributed by atoms with Gasteiger partial charge in [0.25, 0.3) is 5.91 Å². The van der Waals surface area contributed by atoms with Gasteiger partial charge in [-0.3, -0.25) is 4.79 Å². The number of hydrogen-bond donors (Lipinski definition) is 1. The molecule has 1 aliphatic rings. The van der Waals surface area contributed by atoms with Gasteiger partial charge in [0.15, 0.2) is 0 Å². The minimum absolute atomic E-state index is 0.158. The third kappa shape index (κ3) is 4.39. The molecule has 7 nitrogen and oxygen atoms in total. The lowest BCUT2D eigenvalue weighted by Gasteiger charge is -2.32. The van der Waals surface area contributed by atoms with Gasteiger partial charge in [-0.15, -0.1) is 0 Å². The molecule has 1 aromatic heterocycles. The van der Waals surface area contributed by atoms with Crippen molar-refractivity contribution in [3.05, 3.63) is 53.1 Å². The number of rotatable bonds is 5. The van der Waals surface area contributed by atoms with Gasteiger partial charge < -0.3 is 9.88 Å². The normalized spacial score (nSPS) is 16.4. The number of carbonyl (C=O) groups excluding carboxylic acids is 1. The van der Waals surface area contributed by atoms with Gasteiger partial charge >= 0.3 is 0 Å². The van der Waals surface area contributed by atoms with Crippen molar-refractivity contribution in [2.45, 2.75) is 39.3 Å². The molecular formula is C19H26N4O3S. The number of aromatic nitrogens is 2. The van der Waals surface area contributed by atoms with E-state index in [2.05, 4.69) is 14.9 Å². The van der Waals surface area contributed by atoms with Crippen LogP contribution in [0.25, 0.3) is 0 Å². The average molecular weight is 391 g/mol. The summed E-state index contributed by atoms with van der Waals surface area (Å²) in [6.07, 6.45) is 2.68. The highest BCUT2D eigenvalue weighted by Crippen LogP contribution is 2.27. The number of piperidine rings is 1. The molecule has 0 atom stereocenters. The van der Waals surface area contributed by atoms with Crippen LogP contribution >= 0.6 is 0 Å². The summed E-state index contributed by atoms with van der Waals surface area (Å²) in [4.78, 5) is 17.1. The summed E-state index contributed by atoms with van der Waals surface area (Å²) < 4.78 is 27.0. The highest BCUT2D eigenvalue weighted by atomic mass is 32.2. The van der Waals surface area contributed by atoms with Crippen LogP contribution in [0.5, 0.6) is 0 Å². The van der Waals surface area contributed by atoms with E-state index in [9.17, 15) is 13.2 Å². The van der Waals surface area contributed by atoms with Gasteiger partial charge in [-0.2, -0.15) is 0 Å². The van der Waals surface area contributed by atoms with Crippen molar-refractivity contribution in [3.8, 4) is 0 Å². The molecule has 0 radical (unpaired) electrons. The largest absolute Gasteiger partial charge is 0.347 e. The lowest BCUT2D eigenvalue weighted by molar-refractivity contribution is 0.0945. The number of nitrogens with one attached hydrogen (secondary N) is 1. The Morgan fingerprint density at radius 3 is 2.41 bits per heavy atom. The Kier molecular flexibility index (Phi) is 5.67. The number of aryl methyl sites for hydroxylation is 1. The molecule has 146 valence electrons. The fraction of sp³-hybridized carbons (Fsp3) is 0.474. The molecule has 27 heavy (non-hydrogen) atoms. The van der Waals surface area contributed by atoms with Crippen LogP contribution in [0.3, 0.4) is 0 Å². The molecule has 8 heteroatoms. The van der Waals surface area contributed by atoms with Crippen molar-refractivity contribution in [1.82, 2.24) is 19.2 Å². The van der Waals surface area contributed by atoms with Crippen LogP contribution in [-0.2, 0) is 16.6 Å². The van der Waals surface area contributed by atoms with Gasteiger partial charge in [0, 0.05) is 31.4 Å². The van der Waals surface area contributed by atoms with E-state index in [4.69, 9.17) is 0 Å². The molecule has 0 unspecified atom stereocenters. The van der Waals surface area contributed by atoms with Crippen LogP contribution in [-0.4, -0.2) is 47.5 Å². The molecule has 2 heterocycles. The SMILES string of the molecule is Cc1nc(C(=O)NCc2ccccc2)c(C)n1C1CCN(S(C)(=O)=O)CC1. The topological polar surface area (TPSA) is 84.3 Å². The van der Waals surface area contributed by atoms with E-state index in [1.54, 1.807) is 0 Å². The van der Waals surface area contributed by atoms with Crippen molar-refractivity contribution in [3.63, 3.8) is 0 Å². The summed E-state index contributed by atoms with van der Waals surface area (Å²) in [7, 11) is -3.15. The van der Waals surface area contributed by atoms with E-state index in [0.717, 1.165) is 29.9 Å². The van der Waals surface area contributed by atoms with Crippen molar-refractivity contribution < 1.29 is 13.2 Å². The molecule has 0 aliphatic carbocycles. The number of nitrogens with zero attached hydrogens (tertiary/aromatic N) is 3.